The molecule has 7 bridgehead atoms. The van der Waals surface area contributed by atoms with Crippen molar-refractivity contribution in [1.82, 2.24) is 4.90 Å². The number of hydrogen-bond donors (Lipinski definition) is 2. The predicted octanol–water partition coefficient (Wildman–Crippen LogP) is 1.95. The quantitative estimate of drug-likeness (QED) is 0.284. The van der Waals surface area contributed by atoms with Gasteiger partial charge in [-0.1, -0.05) is 26.0 Å². The zero-order valence-corrected chi connectivity index (χ0v) is 30.2. The second-order valence-electron chi connectivity index (χ2n) is 16.3. The number of para-hydroxylation sites is 1. The van der Waals surface area contributed by atoms with E-state index in [4.69, 9.17) is 23.7 Å². The highest BCUT2D eigenvalue weighted by molar-refractivity contribution is 6.22. The summed E-state index contributed by atoms with van der Waals surface area (Å²) in [6.45, 7) is 6.10. The van der Waals surface area contributed by atoms with Gasteiger partial charge in [0.05, 0.1) is 42.2 Å². The predicted molar refractivity (Wildman–Crippen MR) is 179 cm³/mol. The van der Waals surface area contributed by atoms with E-state index in [1.165, 1.54) is 6.92 Å². The molecule has 2 amide bonds. The Labute approximate surface area is 297 Å². The smallest absolute Gasteiger partial charge is 0.340 e. The van der Waals surface area contributed by atoms with Crippen molar-refractivity contribution in [2.24, 2.45) is 40.4 Å². The van der Waals surface area contributed by atoms with Crippen LogP contribution in [0.15, 0.2) is 24.3 Å². The fourth-order valence-electron chi connectivity index (χ4n) is 13.2. The molecule has 1 spiro atoms. The van der Waals surface area contributed by atoms with Crippen LogP contribution < -0.4 is 4.90 Å². The number of likely N-dealkylation sites (tertiary alicyclic amines) is 1. The van der Waals surface area contributed by atoms with Gasteiger partial charge >= 0.3 is 11.9 Å². The number of fused-ring (bicyclic) bond motifs is 2. The Kier molecular flexibility index (Phi) is 8.11. The molecule has 0 unspecified atom stereocenters. The fourth-order valence-corrected chi connectivity index (χ4v) is 13.2. The Morgan fingerprint density at radius 1 is 1.06 bits per heavy atom. The number of rotatable bonds is 9. The number of nitrogens with zero attached hydrogens (tertiary/aromatic N) is 2. The second-order valence-corrected chi connectivity index (χ2v) is 16.3. The van der Waals surface area contributed by atoms with E-state index in [9.17, 15) is 29.4 Å². The number of methoxy groups -OCH3 is 3. The lowest BCUT2D eigenvalue weighted by atomic mass is 9.42. The van der Waals surface area contributed by atoms with E-state index in [0.29, 0.717) is 32.4 Å². The summed E-state index contributed by atoms with van der Waals surface area (Å²) in [7, 11) is 4.85. The molecule has 0 radical (unpaired) electrons. The van der Waals surface area contributed by atoms with Crippen LogP contribution in [-0.4, -0.2) is 122 Å². The van der Waals surface area contributed by atoms with Gasteiger partial charge in [0.15, 0.2) is 0 Å². The SMILES string of the molecule is CCN1C[C@]2(COC(=O)c3ccccc3N3C(=O)C[C@@H](C)C3=O)CC[C@H](OC)[C@]34[C@@H]5C[C@H]6[C@H](OC(C)=O)[C@@H]5[C@](O)(C[C@@H]6OC)[C@@](O)([C@H]13)[C@@H](OC)[C@H]24. The Bertz CT molecular complexity index is 1650. The van der Waals surface area contributed by atoms with Crippen LogP contribution in [0.1, 0.15) is 63.2 Å². The second kappa shape index (κ2) is 11.8. The van der Waals surface area contributed by atoms with Crippen molar-refractivity contribution in [3.63, 3.8) is 0 Å². The van der Waals surface area contributed by atoms with E-state index >= 15 is 0 Å². The zero-order valence-electron chi connectivity index (χ0n) is 30.2. The number of esters is 2. The van der Waals surface area contributed by atoms with Crippen LogP contribution in [0.2, 0.25) is 0 Å². The van der Waals surface area contributed by atoms with Gasteiger partial charge in [-0.15, -0.1) is 0 Å². The lowest BCUT2D eigenvalue weighted by Gasteiger charge is -2.70. The minimum absolute atomic E-state index is 0.0201. The number of carbonyl (C=O) groups excluding carboxylic acids is 4. The van der Waals surface area contributed by atoms with Crippen LogP contribution in [0.4, 0.5) is 5.69 Å². The van der Waals surface area contributed by atoms with Crippen molar-refractivity contribution in [2.45, 2.75) is 94.5 Å². The Morgan fingerprint density at radius 2 is 1.80 bits per heavy atom. The van der Waals surface area contributed by atoms with Crippen LogP contribution in [0, 0.1) is 40.4 Å². The van der Waals surface area contributed by atoms with Gasteiger partial charge in [0, 0.05) is 82.1 Å². The van der Waals surface area contributed by atoms with Crippen LogP contribution in [-0.2, 0) is 38.1 Å². The largest absolute Gasteiger partial charge is 0.462 e. The number of aliphatic hydroxyl groups is 2. The maximum absolute atomic E-state index is 14.1. The third kappa shape index (κ3) is 4.19. The van der Waals surface area contributed by atoms with Crippen LogP contribution in [0.3, 0.4) is 0 Å². The number of benzene rings is 1. The van der Waals surface area contributed by atoms with Crippen molar-refractivity contribution in [3.8, 4) is 0 Å². The fraction of sp³-hybridized carbons (Fsp3) is 0.737. The summed E-state index contributed by atoms with van der Waals surface area (Å²) in [6, 6.07) is 5.95. The molecule has 1 aromatic rings. The van der Waals surface area contributed by atoms with Crippen molar-refractivity contribution in [1.29, 1.82) is 0 Å². The lowest BCUT2D eigenvalue weighted by molar-refractivity contribution is -0.319. The number of piperidine rings is 1. The van der Waals surface area contributed by atoms with E-state index in [0.717, 1.165) is 4.90 Å². The number of imide groups is 1. The molecule has 2 heterocycles. The van der Waals surface area contributed by atoms with E-state index in [1.807, 2.05) is 6.92 Å². The van der Waals surface area contributed by atoms with Crippen LogP contribution >= 0.6 is 0 Å². The van der Waals surface area contributed by atoms with Gasteiger partial charge in [0.2, 0.25) is 11.8 Å². The monoisotopic (exact) mass is 710 g/mol. The summed E-state index contributed by atoms with van der Waals surface area (Å²) in [6.07, 6.45) is -0.303. The molecule has 5 saturated carbocycles. The number of anilines is 1. The van der Waals surface area contributed by atoms with Crippen molar-refractivity contribution in [3.05, 3.63) is 29.8 Å². The first-order chi connectivity index (χ1) is 24.3. The Morgan fingerprint density at radius 3 is 2.43 bits per heavy atom. The maximum Gasteiger partial charge on any atom is 0.340 e. The van der Waals surface area contributed by atoms with Gasteiger partial charge in [-0.05, 0) is 43.9 Å². The molecule has 13 heteroatoms. The lowest BCUT2D eigenvalue weighted by Crippen LogP contribution is -2.82. The van der Waals surface area contributed by atoms with Crippen LogP contribution in [0.5, 0.6) is 0 Å². The van der Waals surface area contributed by atoms with Gasteiger partial charge in [-0.2, -0.15) is 0 Å². The van der Waals surface area contributed by atoms with Crippen molar-refractivity contribution >= 4 is 29.4 Å². The molecule has 14 atom stereocenters. The molecule has 7 aliphatic rings. The molecule has 5 aliphatic carbocycles. The number of likely N-dealkylation sites (N-methyl/N-ethyl adjacent to an activating group) is 1. The maximum atomic E-state index is 14.1. The molecular weight excluding hydrogens is 660 g/mol. The standard InChI is InChI=1S/C38H50N2O11/c1-7-39-17-35(18-50-33(44)21-10-8-9-11-24(21)40-27(42)14-19(2)32(40)43)13-12-26(48-5)37-23-15-22-25(47-4)16-36(45,28(23)29(22)51-20(3)41)38(46,34(37)39)31(49-6)30(35)37/h8-11,19,22-23,25-26,28-31,34,45-46H,7,12-18H2,1-6H3/t19-,22-,23-,25+,26+,28-,29+,30-,31+,34-,35+,36-,37+,38+/m1/s1. The molecule has 0 aromatic heterocycles. The average Bonchev–Trinajstić information content (AvgIpc) is 3.61. The van der Waals surface area contributed by atoms with Gasteiger partial charge in [0.1, 0.15) is 17.3 Å². The topological polar surface area (TPSA) is 161 Å². The molecule has 8 rings (SSSR count). The third-order valence-electron chi connectivity index (χ3n) is 14.6. The normalized spacial score (nSPS) is 46.4. The summed E-state index contributed by atoms with van der Waals surface area (Å²) in [4.78, 5) is 55.9. The molecule has 51 heavy (non-hydrogen) atoms. The molecule has 2 aliphatic heterocycles. The molecule has 2 saturated heterocycles. The Hall–Kier alpha value is -2.94. The molecule has 2 N–H and O–H groups in total. The number of hydrogen-bond acceptors (Lipinski definition) is 12. The molecule has 1 aromatic carbocycles. The first-order valence-corrected chi connectivity index (χ1v) is 18.4. The van der Waals surface area contributed by atoms with Gasteiger partial charge in [-0.3, -0.25) is 19.3 Å². The highest BCUT2D eigenvalue weighted by atomic mass is 16.6. The average molecular weight is 711 g/mol. The van der Waals surface area contributed by atoms with Gasteiger partial charge < -0.3 is 33.9 Å². The molecular formula is C38H50N2O11. The summed E-state index contributed by atoms with van der Waals surface area (Å²) >= 11 is 0. The minimum Gasteiger partial charge on any atom is -0.462 e. The highest BCUT2D eigenvalue weighted by Crippen LogP contribution is 2.80. The van der Waals surface area contributed by atoms with E-state index in [1.54, 1.807) is 52.5 Å². The van der Waals surface area contributed by atoms with Crippen molar-refractivity contribution < 1.29 is 53.1 Å². The number of amides is 2. The minimum atomic E-state index is -1.82. The summed E-state index contributed by atoms with van der Waals surface area (Å²) in [5.41, 5.74) is -4.72. The number of carbonyl (C=O) groups is 4. The number of ether oxygens (including phenoxy) is 5. The summed E-state index contributed by atoms with van der Waals surface area (Å²) in [5.74, 6) is -3.74. The molecule has 7 fully saturated rings. The first kappa shape index (κ1) is 35.1. The van der Waals surface area contributed by atoms with Gasteiger partial charge in [-0.25, -0.2) is 9.69 Å². The van der Waals surface area contributed by atoms with E-state index in [-0.39, 0.29) is 60.5 Å². The molecule has 13 nitrogen and oxygen atoms in total. The highest BCUT2D eigenvalue weighted by Gasteiger charge is 2.92. The third-order valence-corrected chi connectivity index (χ3v) is 14.6. The van der Waals surface area contributed by atoms with Crippen molar-refractivity contribution in [2.75, 3.05) is 45.9 Å². The van der Waals surface area contributed by atoms with Gasteiger partial charge in [0.25, 0.3) is 0 Å². The summed E-state index contributed by atoms with van der Waals surface area (Å²) in [5, 5.41) is 26.7. The van der Waals surface area contributed by atoms with E-state index < -0.39 is 76.1 Å². The molecule has 278 valence electrons. The Balaban J connectivity index is 1.24. The summed E-state index contributed by atoms with van der Waals surface area (Å²) < 4.78 is 31.1. The zero-order chi connectivity index (χ0) is 36.4. The first-order valence-electron chi connectivity index (χ1n) is 18.4. The van der Waals surface area contributed by atoms with Crippen LogP contribution in [0.25, 0.3) is 0 Å². The van der Waals surface area contributed by atoms with E-state index in [2.05, 4.69) is 4.90 Å².